The van der Waals surface area contributed by atoms with Gasteiger partial charge in [-0.15, -0.1) is 0 Å². The van der Waals surface area contributed by atoms with Crippen LogP contribution in [0, 0.1) is 17.1 Å². The Morgan fingerprint density at radius 1 is 1.09 bits per heavy atom. The fourth-order valence-corrected chi connectivity index (χ4v) is 4.13. The van der Waals surface area contributed by atoms with Crippen molar-refractivity contribution < 1.29 is 22.3 Å². The Hall–Kier alpha value is -3.12. The van der Waals surface area contributed by atoms with E-state index in [1.165, 1.54) is 24.3 Å². The minimum absolute atomic E-state index is 0.0420. The third-order valence-electron chi connectivity index (χ3n) is 5.01. The summed E-state index contributed by atoms with van der Waals surface area (Å²) in [5.74, 6) is -0.504. The first-order chi connectivity index (χ1) is 14.9. The van der Waals surface area contributed by atoms with Crippen LogP contribution in [0.25, 0.3) is 0 Å². The van der Waals surface area contributed by atoms with E-state index >= 15 is 0 Å². The van der Waals surface area contributed by atoms with Gasteiger partial charge in [0.15, 0.2) is 9.84 Å². The van der Waals surface area contributed by atoms with Crippen LogP contribution < -0.4 is 9.64 Å². The first kappa shape index (κ1) is 23.5. The van der Waals surface area contributed by atoms with Crippen LogP contribution in [0.2, 0.25) is 0 Å². The van der Waals surface area contributed by atoms with E-state index in [2.05, 4.69) is 0 Å². The monoisotopic (exact) mass is 459 g/mol. The zero-order valence-electron chi connectivity index (χ0n) is 18.6. The lowest BCUT2D eigenvalue weighted by molar-refractivity contribution is 0.0730. The Morgan fingerprint density at radius 3 is 2.28 bits per heavy atom. The van der Waals surface area contributed by atoms with Gasteiger partial charge in [0.2, 0.25) is 0 Å². The fraction of sp³-hybridized carbons (Fsp3) is 0.391. The summed E-state index contributed by atoms with van der Waals surface area (Å²) in [6.07, 6.45) is 1.09. The molecule has 0 bridgehead atoms. The van der Waals surface area contributed by atoms with Crippen LogP contribution in [0.5, 0.6) is 5.75 Å². The van der Waals surface area contributed by atoms with E-state index in [9.17, 15) is 17.6 Å². The minimum atomic E-state index is -3.50. The maximum absolute atomic E-state index is 14.4. The molecule has 2 aromatic carbocycles. The highest BCUT2D eigenvalue weighted by Crippen LogP contribution is 2.29. The quantitative estimate of drug-likeness (QED) is 0.697. The number of piperazine rings is 1. The molecule has 0 aliphatic carbocycles. The van der Waals surface area contributed by atoms with Crippen LogP contribution >= 0.6 is 0 Å². The molecule has 0 unspecified atom stereocenters. The SMILES string of the molecule is CC(C)(C)Oc1ccc(S(C)(=O)=O)cc1C(=O)N1CCN(c2ccc(C#N)cc2F)CC1. The number of halogens is 1. The summed E-state index contributed by atoms with van der Waals surface area (Å²) in [5.41, 5.74) is 0.234. The van der Waals surface area contributed by atoms with Gasteiger partial charge in [0, 0.05) is 32.4 Å². The lowest BCUT2D eigenvalue weighted by atomic mass is 10.1. The second kappa shape index (κ2) is 8.79. The highest BCUT2D eigenvalue weighted by Gasteiger charge is 2.28. The first-order valence-electron chi connectivity index (χ1n) is 10.2. The van der Waals surface area contributed by atoms with Crippen molar-refractivity contribution >= 4 is 21.4 Å². The Kier molecular flexibility index (Phi) is 6.46. The first-order valence-corrected chi connectivity index (χ1v) is 12.1. The van der Waals surface area contributed by atoms with Crippen molar-refractivity contribution in [1.82, 2.24) is 4.90 Å². The number of amides is 1. The molecular formula is C23H26FN3O4S. The molecule has 0 radical (unpaired) electrons. The van der Waals surface area contributed by atoms with Crippen LogP contribution in [0.1, 0.15) is 36.7 Å². The predicted octanol–water partition coefficient (Wildman–Crippen LogP) is 3.24. The van der Waals surface area contributed by atoms with E-state index in [0.29, 0.717) is 37.6 Å². The fourth-order valence-electron chi connectivity index (χ4n) is 3.48. The largest absolute Gasteiger partial charge is 0.487 e. The molecule has 32 heavy (non-hydrogen) atoms. The molecule has 170 valence electrons. The summed E-state index contributed by atoms with van der Waals surface area (Å²) in [4.78, 5) is 16.8. The lowest BCUT2D eigenvalue weighted by Gasteiger charge is -2.36. The predicted molar refractivity (Wildman–Crippen MR) is 119 cm³/mol. The van der Waals surface area contributed by atoms with Crippen LogP contribution in [-0.4, -0.2) is 57.3 Å². The topological polar surface area (TPSA) is 90.7 Å². The number of hydrogen-bond donors (Lipinski definition) is 0. The van der Waals surface area contributed by atoms with E-state index in [0.717, 1.165) is 6.26 Å². The number of hydrogen-bond acceptors (Lipinski definition) is 6. The average molecular weight is 460 g/mol. The van der Waals surface area contributed by atoms with Gasteiger partial charge in [-0.25, -0.2) is 12.8 Å². The second-order valence-electron chi connectivity index (χ2n) is 8.70. The average Bonchev–Trinajstić information content (AvgIpc) is 2.71. The second-order valence-corrected chi connectivity index (χ2v) is 10.7. The summed E-state index contributed by atoms with van der Waals surface area (Å²) in [7, 11) is -3.50. The normalized spacial score (nSPS) is 14.8. The maximum atomic E-state index is 14.4. The minimum Gasteiger partial charge on any atom is -0.487 e. The number of carbonyl (C=O) groups is 1. The molecule has 1 amide bonds. The van der Waals surface area contributed by atoms with Gasteiger partial charge < -0.3 is 14.5 Å². The van der Waals surface area contributed by atoms with Gasteiger partial charge in [-0.3, -0.25) is 4.79 Å². The molecule has 9 heteroatoms. The third-order valence-corrected chi connectivity index (χ3v) is 6.12. The van der Waals surface area contributed by atoms with Crippen LogP contribution in [0.3, 0.4) is 0 Å². The lowest BCUT2D eigenvalue weighted by Crippen LogP contribution is -2.49. The van der Waals surface area contributed by atoms with Crippen LogP contribution in [0.15, 0.2) is 41.3 Å². The highest BCUT2D eigenvalue weighted by molar-refractivity contribution is 7.90. The van der Waals surface area contributed by atoms with Crippen molar-refractivity contribution in [1.29, 1.82) is 5.26 Å². The number of sulfone groups is 1. The van der Waals surface area contributed by atoms with Crippen molar-refractivity contribution in [3.63, 3.8) is 0 Å². The van der Waals surface area contributed by atoms with E-state index < -0.39 is 21.3 Å². The summed E-state index contributed by atoms with van der Waals surface area (Å²) >= 11 is 0. The smallest absolute Gasteiger partial charge is 0.257 e. The van der Waals surface area contributed by atoms with Crippen molar-refractivity contribution in [2.75, 3.05) is 37.3 Å². The Bertz CT molecular complexity index is 1170. The number of benzene rings is 2. The van der Waals surface area contributed by atoms with E-state index in [1.807, 2.05) is 31.7 Å². The number of carbonyl (C=O) groups excluding carboxylic acids is 1. The Labute approximate surface area is 187 Å². The van der Waals surface area contributed by atoms with Crippen LogP contribution in [-0.2, 0) is 9.84 Å². The van der Waals surface area contributed by atoms with Crippen molar-refractivity contribution in [2.45, 2.75) is 31.3 Å². The Morgan fingerprint density at radius 2 is 1.75 bits per heavy atom. The summed E-state index contributed by atoms with van der Waals surface area (Å²) in [6, 6.07) is 10.5. The molecule has 0 spiro atoms. The van der Waals surface area contributed by atoms with Gasteiger partial charge in [-0.2, -0.15) is 5.26 Å². The highest BCUT2D eigenvalue weighted by atomic mass is 32.2. The van der Waals surface area contributed by atoms with Gasteiger partial charge in [0.05, 0.1) is 27.8 Å². The Balaban J connectivity index is 1.83. The molecule has 0 N–H and O–H groups in total. The van der Waals surface area contributed by atoms with Crippen molar-refractivity contribution in [3.8, 4) is 11.8 Å². The molecule has 7 nitrogen and oxygen atoms in total. The molecule has 0 atom stereocenters. The van der Waals surface area contributed by atoms with Gasteiger partial charge >= 0.3 is 0 Å². The van der Waals surface area contributed by atoms with Gasteiger partial charge in [0.25, 0.3) is 5.91 Å². The van der Waals surface area contributed by atoms with Gasteiger partial charge in [-0.1, -0.05) is 0 Å². The van der Waals surface area contributed by atoms with Crippen molar-refractivity contribution in [2.24, 2.45) is 0 Å². The molecule has 2 aromatic rings. The van der Waals surface area contributed by atoms with Crippen LogP contribution in [0.4, 0.5) is 10.1 Å². The van der Waals surface area contributed by atoms with Gasteiger partial charge in [0.1, 0.15) is 17.2 Å². The number of nitriles is 1. The van der Waals surface area contributed by atoms with E-state index in [1.54, 1.807) is 17.0 Å². The molecule has 1 fully saturated rings. The molecule has 1 aliphatic heterocycles. The van der Waals surface area contributed by atoms with E-state index in [-0.39, 0.29) is 21.9 Å². The standard InChI is InChI=1S/C23H26FN3O4S/c1-23(2,3)31-21-8-6-17(32(4,29)30)14-18(21)22(28)27-11-9-26(10-12-27)20-7-5-16(15-25)13-19(20)24/h5-8,13-14H,9-12H2,1-4H3. The van der Waals surface area contributed by atoms with Crippen molar-refractivity contribution in [3.05, 3.63) is 53.3 Å². The molecule has 1 saturated heterocycles. The molecule has 0 saturated carbocycles. The zero-order valence-corrected chi connectivity index (χ0v) is 19.4. The molecule has 3 rings (SSSR count). The van der Waals surface area contributed by atoms with E-state index in [4.69, 9.17) is 10.00 Å². The number of rotatable bonds is 4. The number of anilines is 1. The molecule has 0 aromatic heterocycles. The molecule has 1 aliphatic rings. The summed E-state index contributed by atoms with van der Waals surface area (Å²) < 4.78 is 44.3. The zero-order chi connectivity index (χ0) is 23.7. The third kappa shape index (κ3) is 5.37. The molecular weight excluding hydrogens is 433 g/mol. The molecule has 1 heterocycles. The maximum Gasteiger partial charge on any atom is 0.257 e. The van der Waals surface area contributed by atoms with Gasteiger partial charge in [-0.05, 0) is 57.2 Å². The summed E-state index contributed by atoms with van der Waals surface area (Å²) in [5, 5.41) is 8.91. The summed E-state index contributed by atoms with van der Waals surface area (Å²) in [6.45, 7) is 6.99. The number of nitrogens with zero attached hydrogens (tertiary/aromatic N) is 3. The number of ether oxygens (including phenoxy) is 1.